The Kier molecular flexibility index (Phi) is 7.73. The normalized spacial score (nSPS) is 11.2. The minimum Gasteiger partial charge on any atom is -0.359 e. The number of rotatable bonds is 10. The molecule has 0 spiro atoms. The van der Waals surface area contributed by atoms with E-state index >= 15 is 0 Å². The Balaban J connectivity index is 1.30. The predicted octanol–water partition coefficient (Wildman–Crippen LogP) is 5.27. The maximum absolute atomic E-state index is 6.27. The molecule has 0 radical (unpaired) electrons. The van der Waals surface area contributed by atoms with Crippen molar-refractivity contribution in [3.05, 3.63) is 150 Å². The molecule has 0 saturated carbocycles. The first-order valence-electron chi connectivity index (χ1n) is 11.7. The molecular formula is C29H25N5O2. The molecule has 0 aliphatic rings. The van der Waals surface area contributed by atoms with Crippen molar-refractivity contribution in [2.75, 3.05) is 0 Å². The third-order valence-corrected chi connectivity index (χ3v) is 5.49. The lowest BCUT2D eigenvalue weighted by atomic mass is 10.1. The maximum atomic E-state index is 6.27. The summed E-state index contributed by atoms with van der Waals surface area (Å²) in [5.41, 5.74) is 4.77. The first-order chi connectivity index (χ1) is 17.9. The highest BCUT2D eigenvalue weighted by Gasteiger charge is 2.19. The van der Waals surface area contributed by atoms with Crippen molar-refractivity contribution in [3.63, 3.8) is 0 Å². The largest absolute Gasteiger partial charge is 0.359 e. The highest BCUT2D eigenvalue weighted by atomic mass is 16.5. The lowest BCUT2D eigenvalue weighted by molar-refractivity contribution is 0.0539. The molecule has 0 aliphatic carbocycles. The number of hydrogen-bond acceptors (Lipinski definition) is 7. The van der Waals surface area contributed by atoms with Crippen molar-refractivity contribution >= 4 is 0 Å². The van der Waals surface area contributed by atoms with E-state index in [-0.39, 0.29) is 0 Å². The summed E-state index contributed by atoms with van der Waals surface area (Å²) in [7, 11) is 0. The quantitative estimate of drug-likeness (QED) is 0.272. The molecule has 5 aromatic rings. The number of nitrogens with zero attached hydrogens (tertiary/aromatic N) is 5. The van der Waals surface area contributed by atoms with Gasteiger partial charge in [-0.1, -0.05) is 30.3 Å². The second-order valence-corrected chi connectivity index (χ2v) is 8.02. The summed E-state index contributed by atoms with van der Waals surface area (Å²) in [5, 5.41) is 0. The fourth-order valence-corrected chi connectivity index (χ4v) is 3.80. The van der Waals surface area contributed by atoms with Crippen molar-refractivity contribution < 1.29 is 9.47 Å². The van der Waals surface area contributed by atoms with Crippen LogP contribution in [-0.4, -0.2) is 24.9 Å². The summed E-state index contributed by atoms with van der Waals surface area (Å²) >= 11 is 0. The van der Waals surface area contributed by atoms with Gasteiger partial charge in [0, 0.05) is 24.8 Å². The molecule has 5 aromatic heterocycles. The van der Waals surface area contributed by atoms with E-state index in [1.165, 1.54) is 0 Å². The van der Waals surface area contributed by atoms with Gasteiger partial charge in [-0.3, -0.25) is 24.9 Å². The van der Waals surface area contributed by atoms with Crippen LogP contribution in [0.2, 0.25) is 0 Å². The monoisotopic (exact) mass is 475 g/mol. The van der Waals surface area contributed by atoms with E-state index in [1.54, 1.807) is 24.8 Å². The second-order valence-electron chi connectivity index (χ2n) is 8.02. The standard InChI is InChI=1S/C29H25N5O2/c1-5-16-30-24(12-1)28(25-13-2-6-17-31-25)35-20-22-10-9-11-23(34-22)21-36-29(26-14-3-7-18-32-26)27-15-4-8-19-33-27/h1-19,28-29H,20-21H2. The lowest BCUT2D eigenvalue weighted by Gasteiger charge is -2.18. The van der Waals surface area contributed by atoms with Gasteiger partial charge in [-0.25, -0.2) is 0 Å². The molecule has 0 saturated heterocycles. The van der Waals surface area contributed by atoms with Crippen molar-refractivity contribution in [2.45, 2.75) is 25.4 Å². The third kappa shape index (κ3) is 6.02. The Bertz CT molecular complexity index is 1160. The summed E-state index contributed by atoms with van der Waals surface area (Å²) in [4.78, 5) is 22.7. The molecule has 0 aromatic carbocycles. The molecule has 0 aliphatic heterocycles. The topological polar surface area (TPSA) is 82.9 Å². The van der Waals surface area contributed by atoms with Gasteiger partial charge in [0.15, 0.2) is 0 Å². The number of aromatic nitrogens is 5. The number of hydrogen-bond donors (Lipinski definition) is 0. The third-order valence-electron chi connectivity index (χ3n) is 5.49. The number of ether oxygens (including phenoxy) is 2. The van der Waals surface area contributed by atoms with Crippen LogP contribution >= 0.6 is 0 Å². The van der Waals surface area contributed by atoms with Crippen LogP contribution in [0.3, 0.4) is 0 Å². The fourth-order valence-electron chi connectivity index (χ4n) is 3.80. The summed E-state index contributed by atoms with van der Waals surface area (Å²) < 4.78 is 12.5. The first kappa shape index (κ1) is 23.4. The van der Waals surface area contributed by atoms with Crippen LogP contribution in [0.1, 0.15) is 46.4 Å². The first-order valence-corrected chi connectivity index (χ1v) is 11.7. The van der Waals surface area contributed by atoms with Crippen LogP contribution in [0.15, 0.2) is 116 Å². The average Bonchev–Trinajstić information content (AvgIpc) is 2.96. The Morgan fingerprint density at radius 2 is 0.806 bits per heavy atom. The molecule has 0 fully saturated rings. The SMILES string of the molecule is c1ccc(C(OCc2cccc(COC(c3ccccn3)c3ccccn3)n2)c2ccccn2)nc1. The molecule has 7 nitrogen and oxygen atoms in total. The molecule has 7 heteroatoms. The van der Waals surface area contributed by atoms with Gasteiger partial charge >= 0.3 is 0 Å². The Hall–Kier alpha value is -4.33. The smallest absolute Gasteiger partial charge is 0.142 e. The second kappa shape index (κ2) is 11.9. The molecule has 178 valence electrons. The lowest BCUT2D eigenvalue weighted by Crippen LogP contribution is -2.12. The molecule has 5 rings (SSSR count). The van der Waals surface area contributed by atoms with Crippen LogP contribution in [-0.2, 0) is 22.7 Å². The molecule has 0 N–H and O–H groups in total. The molecule has 0 unspecified atom stereocenters. The van der Waals surface area contributed by atoms with E-state index in [4.69, 9.17) is 14.5 Å². The molecule has 0 atom stereocenters. The molecule has 0 amide bonds. The van der Waals surface area contributed by atoms with E-state index < -0.39 is 12.2 Å². The Morgan fingerprint density at radius 1 is 0.444 bits per heavy atom. The molecule has 36 heavy (non-hydrogen) atoms. The predicted molar refractivity (Wildman–Crippen MR) is 134 cm³/mol. The molecule has 5 heterocycles. The van der Waals surface area contributed by atoms with E-state index in [0.717, 1.165) is 34.2 Å². The van der Waals surface area contributed by atoms with Crippen molar-refractivity contribution in [1.29, 1.82) is 0 Å². The van der Waals surface area contributed by atoms with Gasteiger partial charge in [0.2, 0.25) is 0 Å². The van der Waals surface area contributed by atoms with Gasteiger partial charge in [0.25, 0.3) is 0 Å². The van der Waals surface area contributed by atoms with Gasteiger partial charge in [-0.2, -0.15) is 0 Å². The van der Waals surface area contributed by atoms with Gasteiger partial charge in [0.05, 0.1) is 47.4 Å². The highest BCUT2D eigenvalue weighted by molar-refractivity contribution is 5.21. The number of pyridine rings is 5. The van der Waals surface area contributed by atoms with Crippen molar-refractivity contribution in [2.24, 2.45) is 0 Å². The zero-order chi connectivity index (χ0) is 24.4. The van der Waals surface area contributed by atoms with Gasteiger partial charge < -0.3 is 9.47 Å². The minimum atomic E-state index is -0.396. The van der Waals surface area contributed by atoms with Crippen LogP contribution < -0.4 is 0 Å². The Labute approximate surface area is 209 Å². The maximum Gasteiger partial charge on any atom is 0.142 e. The van der Waals surface area contributed by atoms with Gasteiger partial charge in [-0.15, -0.1) is 0 Å². The van der Waals surface area contributed by atoms with Crippen molar-refractivity contribution in [1.82, 2.24) is 24.9 Å². The summed E-state index contributed by atoms with van der Waals surface area (Å²) in [5.74, 6) is 0. The zero-order valence-electron chi connectivity index (χ0n) is 19.6. The van der Waals surface area contributed by atoms with E-state index in [1.807, 2.05) is 91.0 Å². The highest BCUT2D eigenvalue weighted by Crippen LogP contribution is 2.25. The van der Waals surface area contributed by atoms with Gasteiger partial charge in [-0.05, 0) is 60.7 Å². The van der Waals surface area contributed by atoms with Crippen molar-refractivity contribution in [3.8, 4) is 0 Å². The molecular weight excluding hydrogens is 450 g/mol. The minimum absolute atomic E-state index is 0.301. The fraction of sp³-hybridized carbons (Fsp3) is 0.138. The van der Waals surface area contributed by atoms with Crippen LogP contribution in [0.4, 0.5) is 0 Å². The zero-order valence-corrected chi connectivity index (χ0v) is 19.6. The average molecular weight is 476 g/mol. The Morgan fingerprint density at radius 3 is 1.11 bits per heavy atom. The van der Waals surface area contributed by atoms with E-state index in [0.29, 0.717) is 13.2 Å². The van der Waals surface area contributed by atoms with Gasteiger partial charge in [0.1, 0.15) is 12.2 Å². The molecule has 0 bridgehead atoms. The van der Waals surface area contributed by atoms with E-state index in [2.05, 4.69) is 19.9 Å². The van der Waals surface area contributed by atoms with Crippen LogP contribution in [0.25, 0.3) is 0 Å². The summed E-state index contributed by atoms with van der Waals surface area (Å²) in [6.07, 6.45) is 6.22. The summed E-state index contributed by atoms with van der Waals surface area (Å²) in [6, 6.07) is 28.9. The van der Waals surface area contributed by atoms with E-state index in [9.17, 15) is 0 Å². The summed E-state index contributed by atoms with van der Waals surface area (Å²) in [6.45, 7) is 0.602. The van der Waals surface area contributed by atoms with Crippen LogP contribution in [0, 0.1) is 0 Å². The van der Waals surface area contributed by atoms with Crippen LogP contribution in [0.5, 0.6) is 0 Å².